The number of hydrogen-bond acceptors (Lipinski definition) is 4. The molecule has 5 nitrogen and oxygen atoms in total. The number of hydrogen-bond donors (Lipinski definition) is 1. The van der Waals surface area contributed by atoms with Crippen molar-refractivity contribution in [2.75, 3.05) is 5.32 Å². The normalized spacial score (nSPS) is 11.3. The van der Waals surface area contributed by atoms with E-state index >= 15 is 0 Å². The molecule has 0 unspecified atom stereocenters. The number of carbonyl (C=O) groups excluding carboxylic acids is 1. The quantitative estimate of drug-likeness (QED) is 0.768. The Morgan fingerprint density at radius 2 is 1.64 bits per heavy atom. The van der Waals surface area contributed by atoms with Crippen molar-refractivity contribution in [2.45, 2.75) is 23.8 Å². The van der Waals surface area contributed by atoms with E-state index < -0.39 is 15.7 Å². The molecule has 1 aromatic heterocycles. The molecule has 0 radical (unpaired) electrons. The maximum Gasteiger partial charge on any atom is 0.291 e. The molecular weight excluding hydrogens is 338 g/mol. The maximum atomic E-state index is 12.5. The van der Waals surface area contributed by atoms with Gasteiger partial charge in [0.2, 0.25) is 14.9 Å². The van der Waals surface area contributed by atoms with E-state index in [1.54, 1.807) is 24.3 Å². The van der Waals surface area contributed by atoms with Crippen molar-refractivity contribution in [2.24, 2.45) is 0 Å². The molecule has 6 heteroatoms. The molecule has 0 aliphatic rings. The molecule has 25 heavy (non-hydrogen) atoms. The minimum atomic E-state index is -3.78. The standard InChI is InChI=1S/C19H17NO4S/c1-13-8-9-15(12-14(13)2)20-19(21)17-10-11-18(24-17)25(22,23)16-6-4-3-5-7-16/h3-12H,1-2H3,(H,20,21). The van der Waals surface area contributed by atoms with Gasteiger partial charge in [0.15, 0.2) is 5.76 Å². The summed E-state index contributed by atoms with van der Waals surface area (Å²) in [4.78, 5) is 12.4. The first-order valence-corrected chi connectivity index (χ1v) is 9.15. The van der Waals surface area contributed by atoms with Crippen LogP contribution in [0.4, 0.5) is 5.69 Å². The second-order valence-corrected chi connectivity index (χ2v) is 7.57. The van der Waals surface area contributed by atoms with Gasteiger partial charge in [-0.25, -0.2) is 8.42 Å². The van der Waals surface area contributed by atoms with Crippen LogP contribution in [0.2, 0.25) is 0 Å². The van der Waals surface area contributed by atoms with Gasteiger partial charge in [-0.2, -0.15) is 0 Å². The van der Waals surface area contributed by atoms with Crippen LogP contribution in [0, 0.1) is 13.8 Å². The van der Waals surface area contributed by atoms with Gasteiger partial charge in [0.25, 0.3) is 5.91 Å². The van der Waals surface area contributed by atoms with Gasteiger partial charge in [-0.1, -0.05) is 24.3 Å². The maximum absolute atomic E-state index is 12.5. The number of benzene rings is 2. The molecule has 1 heterocycles. The van der Waals surface area contributed by atoms with Crippen molar-refractivity contribution in [1.29, 1.82) is 0 Å². The molecule has 128 valence electrons. The zero-order valence-electron chi connectivity index (χ0n) is 13.8. The monoisotopic (exact) mass is 355 g/mol. The van der Waals surface area contributed by atoms with Gasteiger partial charge in [-0.3, -0.25) is 4.79 Å². The molecular formula is C19H17NO4S. The predicted molar refractivity (Wildman–Crippen MR) is 94.5 cm³/mol. The van der Waals surface area contributed by atoms with E-state index in [0.717, 1.165) is 11.1 Å². The summed E-state index contributed by atoms with van der Waals surface area (Å²) in [5.41, 5.74) is 2.79. The third-order valence-corrected chi connectivity index (χ3v) is 5.53. The number of carbonyl (C=O) groups is 1. The van der Waals surface area contributed by atoms with Gasteiger partial charge in [0.05, 0.1) is 4.90 Å². The average molecular weight is 355 g/mol. The number of nitrogens with one attached hydrogen (secondary N) is 1. The third kappa shape index (κ3) is 3.49. The molecule has 0 bridgehead atoms. The van der Waals surface area contributed by atoms with Crippen molar-refractivity contribution in [3.05, 3.63) is 77.6 Å². The van der Waals surface area contributed by atoms with Crippen LogP contribution in [0.25, 0.3) is 0 Å². The lowest BCUT2D eigenvalue weighted by molar-refractivity contribution is 0.0991. The molecule has 1 N–H and O–H groups in total. The number of rotatable bonds is 4. The summed E-state index contributed by atoms with van der Waals surface area (Å²) in [5, 5.41) is 2.44. The van der Waals surface area contributed by atoms with Gasteiger partial charge >= 0.3 is 0 Å². The van der Waals surface area contributed by atoms with E-state index in [-0.39, 0.29) is 15.7 Å². The number of sulfone groups is 1. The Kier molecular flexibility index (Phi) is 4.46. The van der Waals surface area contributed by atoms with Crippen LogP contribution < -0.4 is 5.32 Å². The Labute approximate surface area is 146 Å². The van der Waals surface area contributed by atoms with E-state index in [0.29, 0.717) is 5.69 Å². The van der Waals surface area contributed by atoms with E-state index in [2.05, 4.69) is 5.32 Å². The highest BCUT2D eigenvalue weighted by atomic mass is 32.2. The highest BCUT2D eigenvalue weighted by Gasteiger charge is 2.23. The molecule has 0 atom stereocenters. The SMILES string of the molecule is Cc1ccc(NC(=O)c2ccc(S(=O)(=O)c3ccccc3)o2)cc1C. The molecule has 0 spiro atoms. The number of amides is 1. The van der Waals surface area contributed by atoms with Crippen molar-refractivity contribution in [1.82, 2.24) is 0 Å². The Morgan fingerprint density at radius 1 is 0.920 bits per heavy atom. The molecule has 0 aliphatic heterocycles. The molecule has 0 saturated carbocycles. The third-order valence-electron chi connectivity index (χ3n) is 3.89. The first-order chi connectivity index (χ1) is 11.9. The van der Waals surface area contributed by atoms with Crippen LogP contribution >= 0.6 is 0 Å². The molecule has 0 saturated heterocycles. The number of aryl methyl sites for hydroxylation is 2. The van der Waals surface area contributed by atoms with E-state index in [1.165, 1.54) is 24.3 Å². The molecule has 1 amide bonds. The smallest absolute Gasteiger partial charge is 0.291 e. The molecule has 2 aromatic carbocycles. The Balaban J connectivity index is 1.83. The zero-order valence-corrected chi connectivity index (χ0v) is 14.6. The average Bonchev–Trinajstić information content (AvgIpc) is 3.10. The number of furan rings is 1. The van der Waals surface area contributed by atoms with Crippen LogP contribution in [-0.2, 0) is 9.84 Å². The fraction of sp³-hybridized carbons (Fsp3) is 0.105. The van der Waals surface area contributed by atoms with Crippen molar-refractivity contribution < 1.29 is 17.6 Å². The molecule has 3 aromatic rings. The van der Waals surface area contributed by atoms with Crippen LogP contribution in [0.5, 0.6) is 0 Å². The Hall–Kier alpha value is -2.86. The summed E-state index contributed by atoms with van der Waals surface area (Å²) in [6.45, 7) is 3.93. The first kappa shape index (κ1) is 17.0. The minimum absolute atomic E-state index is 0.0623. The van der Waals surface area contributed by atoms with Crippen LogP contribution in [-0.4, -0.2) is 14.3 Å². The fourth-order valence-corrected chi connectivity index (χ4v) is 3.51. The highest BCUT2D eigenvalue weighted by molar-refractivity contribution is 7.91. The first-order valence-electron chi connectivity index (χ1n) is 7.66. The lowest BCUT2D eigenvalue weighted by Crippen LogP contribution is -2.11. The van der Waals surface area contributed by atoms with Gasteiger partial charge in [-0.15, -0.1) is 0 Å². The largest absolute Gasteiger partial charge is 0.439 e. The Morgan fingerprint density at radius 3 is 2.32 bits per heavy atom. The predicted octanol–water partition coefficient (Wildman–Crippen LogP) is 3.98. The van der Waals surface area contributed by atoms with Crippen molar-refractivity contribution in [3.63, 3.8) is 0 Å². The molecule has 0 aliphatic carbocycles. The summed E-state index contributed by atoms with van der Waals surface area (Å²) in [6, 6.07) is 16.1. The summed E-state index contributed by atoms with van der Waals surface area (Å²) in [6.07, 6.45) is 0. The lowest BCUT2D eigenvalue weighted by atomic mass is 10.1. The van der Waals surface area contributed by atoms with Crippen molar-refractivity contribution >= 4 is 21.4 Å². The summed E-state index contributed by atoms with van der Waals surface area (Å²) >= 11 is 0. The van der Waals surface area contributed by atoms with Crippen molar-refractivity contribution in [3.8, 4) is 0 Å². The fourth-order valence-electron chi connectivity index (χ4n) is 2.31. The molecule has 3 rings (SSSR count). The van der Waals surface area contributed by atoms with Gasteiger partial charge in [-0.05, 0) is 61.4 Å². The van der Waals surface area contributed by atoms with Gasteiger partial charge < -0.3 is 9.73 Å². The highest BCUT2D eigenvalue weighted by Crippen LogP contribution is 2.23. The van der Waals surface area contributed by atoms with E-state index in [1.807, 2.05) is 26.0 Å². The summed E-state index contributed by atoms with van der Waals surface area (Å²) in [7, 11) is -3.78. The van der Waals surface area contributed by atoms with E-state index in [4.69, 9.17) is 4.42 Å². The lowest BCUT2D eigenvalue weighted by Gasteiger charge is -2.06. The second-order valence-electron chi connectivity index (χ2n) is 5.69. The topological polar surface area (TPSA) is 76.4 Å². The number of anilines is 1. The minimum Gasteiger partial charge on any atom is -0.439 e. The van der Waals surface area contributed by atoms with E-state index in [9.17, 15) is 13.2 Å². The second kappa shape index (κ2) is 6.57. The van der Waals surface area contributed by atoms with Gasteiger partial charge in [0, 0.05) is 5.69 Å². The Bertz CT molecular complexity index is 1020. The summed E-state index contributed by atoms with van der Waals surface area (Å²) < 4.78 is 30.3. The summed E-state index contributed by atoms with van der Waals surface area (Å²) in [5.74, 6) is -0.564. The van der Waals surface area contributed by atoms with Crippen LogP contribution in [0.3, 0.4) is 0 Å². The van der Waals surface area contributed by atoms with Gasteiger partial charge in [0.1, 0.15) is 0 Å². The van der Waals surface area contributed by atoms with Crippen LogP contribution in [0.15, 0.2) is 75.1 Å². The van der Waals surface area contributed by atoms with Crippen LogP contribution in [0.1, 0.15) is 21.7 Å². The zero-order chi connectivity index (χ0) is 18.0. The molecule has 0 fully saturated rings.